The van der Waals surface area contributed by atoms with E-state index in [9.17, 15) is 9.90 Å². The molecule has 0 atom stereocenters. The Bertz CT molecular complexity index is 602. The van der Waals surface area contributed by atoms with E-state index >= 15 is 0 Å². The largest absolute Gasteiger partial charge is 0.506 e. The molecule has 2 aromatic rings. The highest BCUT2D eigenvalue weighted by Gasteiger charge is 2.05. The van der Waals surface area contributed by atoms with Gasteiger partial charge in [-0.3, -0.25) is 9.78 Å². The average molecular weight is 305 g/mol. The molecule has 21 heavy (non-hydrogen) atoms. The Morgan fingerprint density at radius 2 is 1.95 bits per heavy atom. The first-order valence-corrected chi connectivity index (χ1v) is 7.16. The van der Waals surface area contributed by atoms with Crippen LogP contribution in [0.4, 0.5) is 0 Å². The molecular formula is C16H17ClN2O2. The third-order valence-electron chi connectivity index (χ3n) is 3.09. The first-order chi connectivity index (χ1) is 10.1. The van der Waals surface area contributed by atoms with Crippen LogP contribution in [0.2, 0.25) is 5.02 Å². The van der Waals surface area contributed by atoms with Gasteiger partial charge in [-0.15, -0.1) is 0 Å². The fourth-order valence-corrected chi connectivity index (χ4v) is 2.18. The molecule has 110 valence electrons. The zero-order chi connectivity index (χ0) is 15.1. The molecule has 1 amide bonds. The minimum Gasteiger partial charge on any atom is -0.506 e. The van der Waals surface area contributed by atoms with Crippen LogP contribution in [0.15, 0.2) is 42.7 Å². The second kappa shape index (κ2) is 7.64. The van der Waals surface area contributed by atoms with E-state index in [1.807, 2.05) is 12.1 Å². The van der Waals surface area contributed by atoms with Gasteiger partial charge in [-0.2, -0.15) is 0 Å². The topological polar surface area (TPSA) is 62.2 Å². The number of nitrogens with zero attached hydrogens (tertiary/aromatic N) is 1. The third kappa shape index (κ3) is 5.08. The molecule has 1 heterocycles. The Morgan fingerprint density at radius 1 is 1.19 bits per heavy atom. The van der Waals surface area contributed by atoms with Crippen molar-refractivity contribution in [3.05, 3.63) is 58.9 Å². The summed E-state index contributed by atoms with van der Waals surface area (Å²) in [4.78, 5) is 15.8. The highest BCUT2D eigenvalue weighted by molar-refractivity contribution is 6.32. The standard InChI is InChI=1S/C16H17ClN2O2/c17-14-10-13(3-4-15(14)20)11-16(21)19-7-1-2-12-5-8-18-9-6-12/h3-6,8-10,20H,1-2,7,11H2,(H,19,21). The van der Waals surface area contributed by atoms with Crippen molar-refractivity contribution in [2.45, 2.75) is 19.3 Å². The van der Waals surface area contributed by atoms with Crippen LogP contribution in [-0.4, -0.2) is 22.5 Å². The van der Waals surface area contributed by atoms with Gasteiger partial charge in [0.05, 0.1) is 11.4 Å². The SMILES string of the molecule is O=C(Cc1ccc(O)c(Cl)c1)NCCCc1ccncc1. The molecule has 0 unspecified atom stereocenters. The highest BCUT2D eigenvalue weighted by atomic mass is 35.5. The molecule has 2 rings (SSSR count). The lowest BCUT2D eigenvalue weighted by atomic mass is 10.1. The van der Waals surface area contributed by atoms with E-state index in [2.05, 4.69) is 10.3 Å². The van der Waals surface area contributed by atoms with Gasteiger partial charge >= 0.3 is 0 Å². The summed E-state index contributed by atoms with van der Waals surface area (Å²) in [7, 11) is 0. The van der Waals surface area contributed by atoms with Gasteiger partial charge in [-0.1, -0.05) is 17.7 Å². The first-order valence-electron chi connectivity index (χ1n) is 6.78. The molecule has 0 saturated carbocycles. The van der Waals surface area contributed by atoms with Gasteiger partial charge in [0.2, 0.25) is 5.91 Å². The number of aromatic hydroxyl groups is 1. The predicted molar refractivity (Wildman–Crippen MR) is 82.4 cm³/mol. The molecule has 0 radical (unpaired) electrons. The maximum absolute atomic E-state index is 11.8. The molecule has 1 aromatic heterocycles. The van der Waals surface area contributed by atoms with Gasteiger partial charge in [0.1, 0.15) is 5.75 Å². The number of hydrogen-bond donors (Lipinski definition) is 2. The number of carbonyl (C=O) groups is 1. The summed E-state index contributed by atoms with van der Waals surface area (Å²) in [6.45, 7) is 0.632. The summed E-state index contributed by atoms with van der Waals surface area (Å²) >= 11 is 5.81. The molecule has 0 spiro atoms. The van der Waals surface area contributed by atoms with Gasteiger partial charge in [-0.05, 0) is 48.2 Å². The number of rotatable bonds is 6. The Balaban J connectivity index is 1.71. The average Bonchev–Trinajstić information content (AvgIpc) is 2.49. The Hall–Kier alpha value is -2.07. The summed E-state index contributed by atoms with van der Waals surface area (Å²) in [5.41, 5.74) is 1.99. The first kappa shape index (κ1) is 15.3. The second-order valence-corrected chi connectivity index (χ2v) is 5.18. The van der Waals surface area contributed by atoms with E-state index < -0.39 is 0 Å². The van der Waals surface area contributed by atoms with Crippen molar-refractivity contribution < 1.29 is 9.90 Å². The third-order valence-corrected chi connectivity index (χ3v) is 3.39. The number of phenols is 1. The monoisotopic (exact) mass is 304 g/mol. The summed E-state index contributed by atoms with van der Waals surface area (Å²) in [5.74, 6) is -0.0235. The Morgan fingerprint density at radius 3 is 2.67 bits per heavy atom. The molecule has 0 fully saturated rings. The van der Waals surface area contributed by atoms with Crippen molar-refractivity contribution in [1.29, 1.82) is 0 Å². The van der Waals surface area contributed by atoms with Crippen molar-refractivity contribution in [3.8, 4) is 5.75 Å². The van der Waals surface area contributed by atoms with Crippen molar-refractivity contribution in [1.82, 2.24) is 10.3 Å². The van der Waals surface area contributed by atoms with Crippen molar-refractivity contribution in [2.75, 3.05) is 6.54 Å². The van der Waals surface area contributed by atoms with Crippen molar-refractivity contribution in [3.63, 3.8) is 0 Å². The molecule has 0 aliphatic rings. The molecule has 0 aliphatic heterocycles. The minimum atomic E-state index is -0.0496. The maximum atomic E-state index is 11.8. The number of carbonyl (C=O) groups excluding carboxylic acids is 1. The molecule has 0 saturated heterocycles. The van der Waals surface area contributed by atoms with Crippen LogP contribution in [0.3, 0.4) is 0 Å². The zero-order valence-corrected chi connectivity index (χ0v) is 12.3. The lowest BCUT2D eigenvalue weighted by Crippen LogP contribution is -2.26. The molecule has 5 heteroatoms. The quantitative estimate of drug-likeness (QED) is 0.807. The van der Waals surface area contributed by atoms with Crippen LogP contribution >= 0.6 is 11.6 Å². The van der Waals surface area contributed by atoms with Gasteiger partial charge in [0.15, 0.2) is 0 Å². The van der Waals surface area contributed by atoms with E-state index in [1.165, 1.54) is 11.6 Å². The molecule has 2 N–H and O–H groups in total. The van der Waals surface area contributed by atoms with Crippen LogP contribution in [0.25, 0.3) is 0 Å². The summed E-state index contributed by atoms with van der Waals surface area (Å²) < 4.78 is 0. The second-order valence-electron chi connectivity index (χ2n) is 4.77. The summed E-state index contributed by atoms with van der Waals surface area (Å²) in [5, 5.41) is 12.5. The van der Waals surface area contributed by atoms with Crippen LogP contribution < -0.4 is 5.32 Å². The zero-order valence-electron chi connectivity index (χ0n) is 11.6. The number of halogens is 1. The van der Waals surface area contributed by atoms with Crippen molar-refractivity contribution in [2.24, 2.45) is 0 Å². The number of aryl methyl sites for hydroxylation is 1. The number of benzene rings is 1. The van der Waals surface area contributed by atoms with Gasteiger partial charge in [0, 0.05) is 18.9 Å². The van der Waals surface area contributed by atoms with Gasteiger partial charge in [-0.25, -0.2) is 0 Å². The van der Waals surface area contributed by atoms with Gasteiger partial charge in [0.25, 0.3) is 0 Å². The molecular weight excluding hydrogens is 288 g/mol. The number of phenolic OH excluding ortho intramolecular Hbond substituents is 1. The maximum Gasteiger partial charge on any atom is 0.224 e. The van der Waals surface area contributed by atoms with E-state index in [-0.39, 0.29) is 23.1 Å². The van der Waals surface area contributed by atoms with Crippen LogP contribution in [-0.2, 0) is 17.6 Å². The van der Waals surface area contributed by atoms with Crippen LogP contribution in [0.1, 0.15) is 17.5 Å². The molecule has 0 aliphatic carbocycles. The predicted octanol–water partition coefficient (Wildman–Crippen LogP) is 2.73. The Labute approximate surface area is 128 Å². The Kier molecular flexibility index (Phi) is 5.58. The highest BCUT2D eigenvalue weighted by Crippen LogP contribution is 2.23. The number of hydrogen-bond acceptors (Lipinski definition) is 3. The van der Waals surface area contributed by atoms with E-state index in [0.717, 1.165) is 18.4 Å². The summed E-state index contributed by atoms with van der Waals surface area (Å²) in [6.07, 6.45) is 5.58. The number of amides is 1. The molecule has 4 nitrogen and oxygen atoms in total. The van der Waals surface area contributed by atoms with E-state index in [4.69, 9.17) is 11.6 Å². The number of pyridine rings is 1. The molecule has 1 aromatic carbocycles. The van der Waals surface area contributed by atoms with Crippen LogP contribution in [0, 0.1) is 0 Å². The van der Waals surface area contributed by atoms with Gasteiger partial charge < -0.3 is 10.4 Å². The van der Waals surface area contributed by atoms with E-state index in [0.29, 0.717) is 6.54 Å². The van der Waals surface area contributed by atoms with Crippen LogP contribution in [0.5, 0.6) is 5.75 Å². The van der Waals surface area contributed by atoms with Crippen molar-refractivity contribution >= 4 is 17.5 Å². The molecule has 0 bridgehead atoms. The smallest absolute Gasteiger partial charge is 0.224 e. The minimum absolute atomic E-state index is 0.0261. The fraction of sp³-hybridized carbons (Fsp3) is 0.250. The number of nitrogens with one attached hydrogen (secondary N) is 1. The number of aromatic nitrogens is 1. The van der Waals surface area contributed by atoms with E-state index in [1.54, 1.807) is 24.5 Å². The fourth-order valence-electron chi connectivity index (χ4n) is 1.98. The summed E-state index contributed by atoms with van der Waals surface area (Å²) in [6, 6.07) is 8.74. The lowest BCUT2D eigenvalue weighted by molar-refractivity contribution is -0.120. The normalized spacial score (nSPS) is 10.3. The lowest BCUT2D eigenvalue weighted by Gasteiger charge is -2.06.